The Kier molecular flexibility index (Phi) is 7.25. The Labute approximate surface area is 173 Å². The van der Waals surface area contributed by atoms with Crippen molar-refractivity contribution in [1.82, 2.24) is 10.3 Å². The molecule has 8 heteroatoms. The van der Waals surface area contributed by atoms with E-state index in [-0.39, 0.29) is 6.61 Å². The Morgan fingerprint density at radius 2 is 2.03 bits per heavy atom. The first-order valence-electron chi connectivity index (χ1n) is 9.15. The van der Waals surface area contributed by atoms with E-state index in [1.54, 1.807) is 26.5 Å². The number of benzene rings is 1. The van der Waals surface area contributed by atoms with E-state index in [4.69, 9.17) is 19.5 Å². The minimum Gasteiger partial charge on any atom is -0.493 e. The fourth-order valence-corrected chi connectivity index (χ4v) is 3.72. The molecule has 0 spiro atoms. The van der Waals surface area contributed by atoms with Gasteiger partial charge in [-0.25, -0.2) is 4.98 Å². The maximum atomic E-state index is 10.2. The Balaban J connectivity index is 1.44. The second-order valence-electron chi connectivity index (χ2n) is 6.36. The molecule has 29 heavy (non-hydrogen) atoms. The number of fused-ring (bicyclic) bond motifs is 1. The van der Waals surface area contributed by atoms with Crippen molar-refractivity contribution in [2.45, 2.75) is 12.5 Å². The third-order valence-electron chi connectivity index (χ3n) is 4.35. The van der Waals surface area contributed by atoms with Crippen LogP contribution in [0.3, 0.4) is 0 Å². The number of nitrogens with one attached hydrogen (secondary N) is 1. The van der Waals surface area contributed by atoms with E-state index in [9.17, 15) is 5.11 Å². The number of rotatable bonds is 10. The van der Waals surface area contributed by atoms with Gasteiger partial charge in [-0.3, -0.25) is 0 Å². The lowest BCUT2D eigenvalue weighted by atomic mass is 10.1. The van der Waals surface area contributed by atoms with Gasteiger partial charge in [-0.2, -0.15) is 5.26 Å². The summed E-state index contributed by atoms with van der Waals surface area (Å²) < 4.78 is 17.2. The second kappa shape index (κ2) is 10.1. The molecule has 0 radical (unpaired) electrons. The lowest BCUT2D eigenvalue weighted by Crippen LogP contribution is -2.32. The van der Waals surface area contributed by atoms with Crippen LogP contribution in [0, 0.1) is 11.3 Å². The van der Waals surface area contributed by atoms with Crippen LogP contribution in [0.1, 0.15) is 10.4 Å². The maximum absolute atomic E-state index is 10.2. The fraction of sp³-hybridized carbons (Fsp3) is 0.333. The molecule has 1 atom stereocenters. The van der Waals surface area contributed by atoms with Crippen LogP contribution in [0.4, 0.5) is 0 Å². The van der Waals surface area contributed by atoms with Crippen molar-refractivity contribution in [2.75, 3.05) is 33.9 Å². The summed E-state index contributed by atoms with van der Waals surface area (Å²) in [5, 5.41) is 23.2. The molecule has 0 aliphatic carbocycles. The maximum Gasteiger partial charge on any atom is 0.222 e. The number of pyridine rings is 1. The molecule has 152 valence electrons. The van der Waals surface area contributed by atoms with Gasteiger partial charge < -0.3 is 24.6 Å². The van der Waals surface area contributed by atoms with Gasteiger partial charge in [0.15, 0.2) is 11.5 Å². The van der Waals surface area contributed by atoms with Crippen LogP contribution < -0.4 is 19.5 Å². The molecular formula is C21H23N3O4S. The number of hydrogen-bond donors (Lipinski definition) is 2. The van der Waals surface area contributed by atoms with Crippen molar-refractivity contribution in [1.29, 1.82) is 5.26 Å². The van der Waals surface area contributed by atoms with E-state index >= 15 is 0 Å². The average molecular weight is 413 g/mol. The Bertz CT molecular complexity index is 999. The first kappa shape index (κ1) is 20.9. The second-order valence-corrected chi connectivity index (χ2v) is 7.44. The summed E-state index contributed by atoms with van der Waals surface area (Å²) in [4.78, 5) is 4.82. The molecule has 2 aromatic heterocycles. The van der Waals surface area contributed by atoms with Crippen LogP contribution >= 0.6 is 11.3 Å². The summed E-state index contributed by atoms with van der Waals surface area (Å²) in [5.41, 5.74) is 1.11. The number of nitrogens with zero attached hydrogens (tertiary/aromatic N) is 2. The molecule has 0 saturated carbocycles. The molecular weight excluding hydrogens is 390 g/mol. The number of ether oxygens (including phenoxy) is 3. The van der Waals surface area contributed by atoms with Crippen LogP contribution in [0.2, 0.25) is 0 Å². The minimum atomic E-state index is -0.675. The van der Waals surface area contributed by atoms with Crippen molar-refractivity contribution in [3.63, 3.8) is 0 Å². The van der Waals surface area contributed by atoms with Crippen LogP contribution in [0.5, 0.6) is 17.4 Å². The van der Waals surface area contributed by atoms with Crippen LogP contribution in [-0.2, 0) is 6.42 Å². The number of aliphatic hydroxyl groups excluding tert-OH is 1. The van der Waals surface area contributed by atoms with Gasteiger partial charge >= 0.3 is 0 Å². The summed E-state index contributed by atoms with van der Waals surface area (Å²) in [5.74, 6) is 1.84. The molecule has 0 fully saturated rings. The van der Waals surface area contributed by atoms with Gasteiger partial charge in [-0.15, -0.1) is 11.3 Å². The molecule has 7 nitrogen and oxygen atoms in total. The van der Waals surface area contributed by atoms with E-state index in [2.05, 4.69) is 16.4 Å². The molecule has 0 saturated heterocycles. The van der Waals surface area contributed by atoms with Crippen molar-refractivity contribution in [3.8, 4) is 23.4 Å². The Morgan fingerprint density at radius 1 is 1.21 bits per heavy atom. The smallest absolute Gasteiger partial charge is 0.222 e. The van der Waals surface area contributed by atoms with E-state index in [0.717, 1.165) is 22.1 Å². The quantitative estimate of drug-likeness (QED) is 0.493. The summed E-state index contributed by atoms with van der Waals surface area (Å²) in [6.45, 7) is 1.22. The average Bonchev–Trinajstić information content (AvgIpc) is 3.19. The monoisotopic (exact) mass is 413 g/mol. The predicted molar refractivity (Wildman–Crippen MR) is 112 cm³/mol. The van der Waals surface area contributed by atoms with Gasteiger partial charge in [-0.05, 0) is 42.8 Å². The molecule has 1 aromatic carbocycles. The summed E-state index contributed by atoms with van der Waals surface area (Å²) in [6, 6.07) is 11.6. The first-order chi connectivity index (χ1) is 14.1. The van der Waals surface area contributed by atoms with Crippen molar-refractivity contribution >= 4 is 21.4 Å². The van der Waals surface area contributed by atoms with Crippen molar-refractivity contribution < 1.29 is 19.3 Å². The molecule has 0 aliphatic rings. The number of thiophene rings is 1. The molecule has 0 amide bonds. The van der Waals surface area contributed by atoms with E-state index in [0.29, 0.717) is 35.3 Å². The van der Waals surface area contributed by atoms with E-state index in [1.165, 1.54) is 11.3 Å². The summed E-state index contributed by atoms with van der Waals surface area (Å²) in [6.07, 6.45) is 1.76. The molecule has 3 aromatic rings. The topological polar surface area (TPSA) is 96.6 Å². The number of aromatic nitrogens is 1. The summed E-state index contributed by atoms with van der Waals surface area (Å²) in [7, 11) is 3.22. The molecule has 0 aliphatic heterocycles. The zero-order valence-corrected chi connectivity index (χ0v) is 17.2. The van der Waals surface area contributed by atoms with Crippen LogP contribution in [-0.4, -0.2) is 50.1 Å². The number of nitriles is 1. The third-order valence-corrected chi connectivity index (χ3v) is 5.35. The Morgan fingerprint density at radius 3 is 2.79 bits per heavy atom. The third kappa shape index (κ3) is 5.35. The predicted octanol–water partition coefficient (Wildman–Crippen LogP) is 2.76. The largest absolute Gasteiger partial charge is 0.493 e. The Hall–Kier alpha value is -2.86. The van der Waals surface area contributed by atoms with Gasteiger partial charge in [0.25, 0.3) is 0 Å². The molecule has 2 N–H and O–H groups in total. The zero-order valence-electron chi connectivity index (χ0n) is 16.3. The number of aliphatic hydroxyl groups is 1. The molecule has 3 rings (SSSR count). The van der Waals surface area contributed by atoms with Crippen molar-refractivity contribution in [2.24, 2.45) is 0 Å². The molecule has 0 bridgehead atoms. The van der Waals surface area contributed by atoms with Gasteiger partial charge in [0.1, 0.15) is 23.7 Å². The normalized spacial score (nSPS) is 11.8. The van der Waals surface area contributed by atoms with Gasteiger partial charge in [0.2, 0.25) is 5.88 Å². The van der Waals surface area contributed by atoms with Gasteiger partial charge in [0, 0.05) is 17.4 Å². The fourth-order valence-electron chi connectivity index (χ4n) is 2.88. The van der Waals surface area contributed by atoms with Crippen LogP contribution in [0.25, 0.3) is 10.1 Å². The van der Waals surface area contributed by atoms with Gasteiger partial charge in [0.05, 0.1) is 19.6 Å². The standard InChI is InChI=1S/C21H23N3O4S/c1-26-18-4-3-14(9-19(18)27-2)5-7-23-12-15(25)13-28-21-17-10-16(11-22)29-20(17)6-8-24-21/h3-4,6,8-10,15,23,25H,5,7,12-13H2,1-2H3. The molecule has 1 unspecified atom stereocenters. The number of methoxy groups -OCH3 is 2. The van der Waals surface area contributed by atoms with E-state index < -0.39 is 6.10 Å². The van der Waals surface area contributed by atoms with E-state index in [1.807, 2.05) is 24.3 Å². The highest BCUT2D eigenvalue weighted by Gasteiger charge is 2.11. The highest BCUT2D eigenvalue weighted by Crippen LogP contribution is 2.30. The number of hydrogen-bond acceptors (Lipinski definition) is 8. The highest BCUT2D eigenvalue weighted by molar-refractivity contribution is 7.19. The lowest BCUT2D eigenvalue weighted by molar-refractivity contribution is 0.105. The minimum absolute atomic E-state index is 0.118. The van der Waals surface area contributed by atoms with Gasteiger partial charge in [-0.1, -0.05) is 6.07 Å². The van der Waals surface area contributed by atoms with Crippen molar-refractivity contribution in [3.05, 3.63) is 47.0 Å². The SMILES string of the molecule is COc1ccc(CCNCC(O)COc2nccc3sc(C#N)cc23)cc1OC. The summed E-state index contributed by atoms with van der Waals surface area (Å²) >= 11 is 1.39. The van der Waals surface area contributed by atoms with Crippen LogP contribution in [0.15, 0.2) is 36.5 Å². The highest BCUT2D eigenvalue weighted by atomic mass is 32.1. The first-order valence-corrected chi connectivity index (χ1v) is 9.97. The molecule has 2 heterocycles. The lowest BCUT2D eigenvalue weighted by Gasteiger charge is -2.14. The zero-order chi connectivity index (χ0) is 20.6.